The van der Waals surface area contributed by atoms with Gasteiger partial charge in [0.1, 0.15) is 11.0 Å². The lowest BCUT2D eigenvalue weighted by atomic mass is 9.75. The molecule has 0 spiro atoms. The zero-order chi connectivity index (χ0) is 18.3. The van der Waals surface area contributed by atoms with E-state index in [4.69, 9.17) is 4.74 Å². The van der Waals surface area contributed by atoms with E-state index in [-0.39, 0.29) is 0 Å². The maximum absolute atomic E-state index is 12.7. The molecule has 2 atom stereocenters. The average Bonchev–Trinajstić information content (AvgIpc) is 3.01. The Balaban J connectivity index is 1.80. The van der Waals surface area contributed by atoms with Crippen molar-refractivity contribution < 1.29 is 18.8 Å². The number of hydrogen-bond acceptors (Lipinski definition) is 3. The summed E-state index contributed by atoms with van der Waals surface area (Å²) in [6, 6.07) is 5.22. The van der Waals surface area contributed by atoms with Crippen molar-refractivity contribution in [3.8, 4) is 0 Å². The molecule has 1 N–H and O–H groups in total. The lowest BCUT2D eigenvalue weighted by Crippen LogP contribution is -2.28. The first-order chi connectivity index (χ1) is 12.6. The van der Waals surface area contributed by atoms with Crippen LogP contribution in [0.2, 0.25) is 0 Å². The molecule has 5 nitrogen and oxygen atoms in total. The van der Waals surface area contributed by atoms with Crippen LogP contribution in [0.3, 0.4) is 0 Å². The number of ether oxygens (including phenoxy) is 1. The second-order valence-corrected chi connectivity index (χ2v) is 8.91. The fraction of sp³-hybridized carbons (Fsp3) is 0.550. The van der Waals surface area contributed by atoms with E-state index in [9.17, 15) is 14.1 Å². The number of hydrogen-bond donors (Lipinski definition) is 1. The van der Waals surface area contributed by atoms with Crippen molar-refractivity contribution in [3.05, 3.63) is 35.0 Å². The van der Waals surface area contributed by atoms with Gasteiger partial charge in [-0.3, -0.25) is 3.97 Å². The Kier molecular flexibility index (Phi) is 4.88. The van der Waals surface area contributed by atoms with Crippen molar-refractivity contribution in [3.63, 3.8) is 0 Å². The Hall–Kier alpha value is -1.66. The maximum Gasteiger partial charge on any atom is 0.335 e. The second kappa shape index (κ2) is 7.16. The average molecular weight is 375 g/mol. The van der Waals surface area contributed by atoms with Gasteiger partial charge in [-0.05, 0) is 67.7 Å². The molecule has 2 heterocycles. The Morgan fingerprint density at radius 2 is 2.04 bits per heavy atom. The Morgan fingerprint density at radius 1 is 1.27 bits per heavy atom. The molecule has 26 heavy (non-hydrogen) atoms. The van der Waals surface area contributed by atoms with Crippen LogP contribution in [0, 0.1) is 11.8 Å². The molecule has 140 valence electrons. The first-order valence-electron chi connectivity index (χ1n) is 9.46. The predicted octanol–water partition coefficient (Wildman–Crippen LogP) is 3.40. The molecule has 1 aliphatic carbocycles. The van der Waals surface area contributed by atoms with Gasteiger partial charge in [0.15, 0.2) is 0 Å². The van der Waals surface area contributed by atoms with Crippen LogP contribution in [0.5, 0.6) is 0 Å². The number of aromatic nitrogens is 1. The van der Waals surface area contributed by atoms with Crippen LogP contribution >= 0.6 is 0 Å². The Morgan fingerprint density at radius 3 is 2.73 bits per heavy atom. The van der Waals surface area contributed by atoms with E-state index in [1.807, 2.05) is 17.0 Å². The van der Waals surface area contributed by atoms with Gasteiger partial charge in [0.2, 0.25) is 0 Å². The first-order valence-corrected chi connectivity index (χ1v) is 10.7. The third-order valence-corrected chi connectivity index (χ3v) is 7.30. The Labute approximate surface area is 155 Å². The summed E-state index contributed by atoms with van der Waals surface area (Å²) in [6.07, 6.45) is 5.20. The van der Waals surface area contributed by atoms with Crippen molar-refractivity contribution in [1.29, 1.82) is 0 Å². The molecule has 1 fully saturated rings. The van der Waals surface area contributed by atoms with Gasteiger partial charge < -0.3 is 9.84 Å². The molecule has 1 aromatic heterocycles. The largest absolute Gasteiger partial charge is 0.478 e. The summed E-state index contributed by atoms with van der Waals surface area (Å²) in [4.78, 5) is 11.4. The molecule has 2 aliphatic rings. The van der Waals surface area contributed by atoms with E-state index < -0.39 is 17.0 Å². The molecule has 0 amide bonds. The molecule has 1 aromatic carbocycles. The number of fused-ring (bicyclic) bond motifs is 3. The standard InChI is InChI=1S/C20H25NO4S/c1-2-26(24)21-18-5-3-14(13-7-9-25-10-8-13)11-16(18)17-12-15(20(22)23)4-6-19(17)21/h4,6,12-14H,2-3,5,7-11H2,1H3,(H,22,23). The normalized spacial score (nSPS) is 22.3. The van der Waals surface area contributed by atoms with Gasteiger partial charge in [-0.25, -0.2) is 9.00 Å². The minimum Gasteiger partial charge on any atom is -0.478 e. The highest BCUT2D eigenvalue weighted by Gasteiger charge is 2.32. The van der Waals surface area contributed by atoms with Crippen LogP contribution in [0.15, 0.2) is 18.2 Å². The van der Waals surface area contributed by atoms with Crippen LogP contribution in [-0.4, -0.2) is 38.2 Å². The summed E-state index contributed by atoms with van der Waals surface area (Å²) in [5.41, 5.74) is 3.57. The van der Waals surface area contributed by atoms with Crippen LogP contribution in [0.25, 0.3) is 10.9 Å². The molecule has 4 rings (SSSR count). The molecular formula is C20H25NO4S. The molecule has 1 aliphatic heterocycles. The van der Waals surface area contributed by atoms with Crippen molar-refractivity contribution in [2.24, 2.45) is 11.8 Å². The number of aromatic carboxylic acids is 1. The second-order valence-electron chi connectivity index (χ2n) is 7.32. The van der Waals surface area contributed by atoms with Crippen molar-refractivity contribution in [1.82, 2.24) is 3.97 Å². The minimum atomic E-state index is -1.11. The summed E-state index contributed by atoms with van der Waals surface area (Å²) in [7, 11) is -1.11. The molecule has 0 saturated carbocycles. The number of rotatable bonds is 4. The van der Waals surface area contributed by atoms with E-state index in [1.165, 1.54) is 5.56 Å². The first kappa shape index (κ1) is 17.7. The lowest BCUT2D eigenvalue weighted by Gasteiger charge is -2.33. The molecule has 6 heteroatoms. The zero-order valence-corrected chi connectivity index (χ0v) is 15.9. The smallest absolute Gasteiger partial charge is 0.335 e. The van der Waals surface area contributed by atoms with E-state index in [0.29, 0.717) is 23.2 Å². The molecule has 2 unspecified atom stereocenters. The number of carboxylic acid groups (broad SMARTS) is 1. The predicted molar refractivity (Wildman–Crippen MR) is 102 cm³/mol. The SMILES string of the molecule is CCS(=O)n1c2c(c3cc(C(=O)O)ccc31)CC(C1CCOCC1)CC2. The van der Waals surface area contributed by atoms with Crippen LogP contribution in [0.4, 0.5) is 0 Å². The van der Waals surface area contributed by atoms with Crippen LogP contribution in [0.1, 0.15) is 47.8 Å². The van der Waals surface area contributed by atoms with Crippen LogP contribution in [-0.2, 0) is 28.6 Å². The van der Waals surface area contributed by atoms with Gasteiger partial charge in [0.25, 0.3) is 0 Å². The highest BCUT2D eigenvalue weighted by atomic mass is 32.2. The lowest BCUT2D eigenvalue weighted by molar-refractivity contribution is 0.0439. The number of carboxylic acids is 1. The maximum atomic E-state index is 12.7. The highest BCUT2D eigenvalue weighted by molar-refractivity contribution is 7.83. The monoisotopic (exact) mass is 375 g/mol. The minimum absolute atomic E-state index is 0.299. The van der Waals surface area contributed by atoms with Gasteiger partial charge >= 0.3 is 5.97 Å². The zero-order valence-electron chi connectivity index (χ0n) is 15.1. The number of nitrogens with zero attached hydrogens (tertiary/aromatic N) is 1. The fourth-order valence-electron chi connectivity index (χ4n) is 4.63. The summed E-state index contributed by atoms with van der Waals surface area (Å²) < 4.78 is 20.2. The topological polar surface area (TPSA) is 68.5 Å². The van der Waals surface area contributed by atoms with Gasteiger partial charge in [0, 0.05) is 30.0 Å². The molecule has 2 aromatic rings. The van der Waals surface area contributed by atoms with Crippen molar-refractivity contribution >= 4 is 27.9 Å². The van der Waals surface area contributed by atoms with E-state index in [1.54, 1.807) is 12.1 Å². The van der Waals surface area contributed by atoms with Gasteiger partial charge in [-0.2, -0.15) is 0 Å². The molecule has 0 radical (unpaired) electrons. The summed E-state index contributed by atoms with van der Waals surface area (Å²) in [5, 5.41) is 10.4. The van der Waals surface area contributed by atoms with Crippen molar-refractivity contribution in [2.75, 3.05) is 19.0 Å². The van der Waals surface area contributed by atoms with Gasteiger partial charge in [-0.1, -0.05) is 6.92 Å². The summed E-state index contributed by atoms with van der Waals surface area (Å²) in [6.45, 7) is 3.62. The van der Waals surface area contributed by atoms with Crippen molar-refractivity contribution in [2.45, 2.75) is 39.0 Å². The van der Waals surface area contributed by atoms with Gasteiger partial charge in [0.05, 0.1) is 11.1 Å². The highest BCUT2D eigenvalue weighted by Crippen LogP contribution is 2.40. The van der Waals surface area contributed by atoms with E-state index >= 15 is 0 Å². The molecule has 1 saturated heterocycles. The van der Waals surface area contributed by atoms with Crippen LogP contribution < -0.4 is 0 Å². The molecular weight excluding hydrogens is 350 g/mol. The fourth-order valence-corrected chi connectivity index (χ4v) is 5.71. The quantitative estimate of drug-likeness (QED) is 0.889. The van der Waals surface area contributed by atoms with E-state index in [0.717, 1.165) is 61.9 Å². The Bertz CT molecular complexity index is 866. The van der Waals surface area contributed by atoms with Gasteiger partial charge in [-0.15, -0.1) is 0 Å². The number of benzene rings is 1. The summed E-state index contributed by atoms with van der Waals surface area (Å²) >= 11 is 0. The summed E-state index contributed by atoms with van der Waals surface area (Å²) in [5.74, 6) is 0.922. The van der Waals surface area contributed by atoms with E-state index in [2.05, 4.69) is 0 Å². The third-order valence-electron chi connectivity index (χ3n) is 5.98. The molecule has 0 bridgehead atoms. The third kappa shape index (κ3) is 2.99. The number of carbonyl (C=O) groups is 1.